The number of nitrogens with one attached hydrogen (secondary N) is 1. The lowest BCUT2D eigenvalue weighted by molar-refractivity contribution is -0.118. The molecule has 144 valence electrons. The van der Waals surface area contributed by atoms with Crippen LogP contribution in [0.4, 0.5) is 11.5 Å². The molecule has 2 heterocycles. The van der Waals surface area contributed by atoms with Crippen molar-refractivity contribution in [2.24, 2.45) is 0 Å². The molecule has 0 aliphatic carbocycles. The van der Waals surface area contributed by atoms with Gasteiger partial charge in [0.2, 0.25) is 0 Å². The van der Waals surface area contributed by atoms with Gasteiger partial charge in [0.25, 0.3) is 5.91 Å². The Morgan fingerprint density at radius 1 is 1.15 bits per heavy atom. The lowest BCUT2D eigenvalue weighted by Gasteiger charge is -2.27. The molecule has 7 heteroatoms. The summed E-state index contributed by atoms with van der Waals surface area (Å²) < 4.78 is 16.6. The molecule has 1 aliphatic rings. The standard InChI is InChI=1S/C20H25N3O4/c1-2-11-26-17-5-3-4-6-18(17)27-15-20(24)22-16-7-8-19(21-14-16)23-9-12-25-13-10-23/h3-8,14H,2,9-13,15H2,1H3,(H,22,24). The van der Waals surface area contributed by atoms with Gasteiger partial charge in [-0.2, -0.15) is 0 Å². The first-order valence-electron chi connectivity index (χ1n) is 9.19. The molecule has 3 rings (SSSR count). The summed E-state index contributed by atoms with van der Waals surface area (Å²) in [4.78, 5) is 18.7. The van der Waals surface area contributed by atoms with Gasteiger partial charge in [-0.1, -0.05) is 19.1 Å². The average Bonchev–Trinajstić information content (AvgIpc) is 2.72. The molecule has 1 N–H and O–H groups in total. The highest BCUT2D eigenvalue weighted by Gasteiger charge is 2.13. The van der Waals surface area contributed by atoms with Gasteiger partial charge in [0.1, 0.15) is 5.82 Å². The van der Waals surface area contributed by atoms with Crippen LogP contribution in [-0.2, 0) is 9.53 Å². The van der Waals surface area contributed by atoms with Crippen LogP contribution >= 0.6 is 0 Å². The monoisotopic (exact) mass is 371 g/mol. The Hall–Kier alpha value is -2.80. The first kappa shape index (κ1) is 19.0. The minimum Gasteiger partial charge on any atom is -0.490 e. The van der Waals surface area contributed by atoms with Crippen molar-refractivity contribution in [3.63, 3.8) is 0 Å². The molecule has 7 nitrogen and oxygen atoms in total. The maximum atomic E-state index is 12.2. The van der Waals surface area contributed by atoms with Gasteiger partial charge in [0.15, 0.2) is 18.1 Å². The molecule has 0 bridgehead atoms. The summed E-state index contributed by atoms with van der Waals surface area (Å²) in [6, 6.07) is 11.1. The number of hydrogen-bond acceptors (Lipinski definition) is 6. The van der Waals surface area contributed by atoms with E-state index in [0.717, 1.165) is 25.3 Å². The third-order valence-electron chi connectivity index (χ3n) is 4.04. The number of ether oxygens (including phenoxy) is 3. The van der Waals surface area contributed by atoms with Gasteiger partial charge in [-0.3, -0.25) is 4.79 Å². The third kappa shape index (κ3) is 5.59. The second-order valence-electron chi connectivity index (χ2n) is 6.14. The smallest absolute Gasteiger partial charge is 0.262 e. The molecule has 0 unspecified atom stereocenters. The lowest BCUT2D eigenvalue weighted by Crippen LogP contribution is -2.36. The van der Waals surface area contributed by atoms with Gasteiger partial charge >= 0.3 is 0 Å². The number of morpholine rings is 1. The SMILES string of the molecule is CCCOc1ccccc1OCC(=O)Nc1ccc(N2CCOCC2)nc1. The Labute approximate surface area is 159 Å². The normalized spacial score (nSPS) is 13.9. The first-order chi connectivity index (χ1) is 13.3. The Kier molecular flexibility index (Phi) is 6.87. The minimum absolute atomic E-state index is 0.0995. The number of amides is 1. The number of aromatic nitrogens is 1. The number of benzene rings is 1. The summed E-state index contributed by atoms with van der Waals surface area (Å²) in [6.07, 6.45) is 2.56. The predicted molar refractivity (Wildman–Crippen MR) is 104 cm³/mol. The number of carbonyl (C=O) groups is 1. The molecule has 1 aromatic carbocycles. The zero-order chi connectivity index (χ0) is 18.9. The third-order valence-corrected chi connectivity index (χ3v) is 4.04. The molecule has 0 atom stereocenters. The molecule has 0 spiro atoms. The van der Waals surface area contributed by atoms with Crippen molar-refractivity contribution in [3.8, 4) is 11.5 Å². The van der Waals surface area contributed by atoms with E-state index in [1.807, 2.05) is 37.3 Å². The molecule has 0 saturated carbocycles. The van der Waals surface area contributed by atoms with Crippen LogP contribution in [0, 0.1) is 0 Å². The van der Waals surface area contributed by atoms with E-state index < -0.39 is 0 Å². The van der Waals surface area contributed by atoms with Crippen molar-refractivity contribution in [2.45, 2.75) is 13.3 Å². The highest BCUT2D eigenvalue weighted by Crippen LogP contribution is 2.26. The maximum absolute atomic E-state index is 12.2. The Bertz CT molecular complexity index is 730. The number of nitrogens with zero attached hydrogens (tertiary/aromatic N) is 2. The van der Waals surface area contributed by atoms with E-state index in [1.54, 1.807) is 12.3 Å². The largest absolute Gasteiger partial charge is 0.490 e. The quantitative estimate of drug-likeness (QED) is 0.769. The van der Waals surface area contributed by atoms with Gasteiger partial charge in [-0.05, 0) is 30.7 Å². The highest BCUT2D eigenvalue weighted by molar-refractivity contribution is 5.91. The van der Waals surface area contributed by atoms with E-state index in [4.69, 9.17) is 14.2 Å². The van der Waals surface area contributed by atoms with Crippen molar-refractivity contribution >= 4 is 17.4 Å². The summed E-state index contributed by atoms with van der Waals surface area (Å²) in [5.41, 5.74) is 0.635. The van der Waals surface area contributed by atoms with E-state index in [2.05, 4.69) is 15.2 Å². The van der Waals surface area contributed by atoms with E-state index in [0.29, 0.717) is 37.0 Å². The van der Waals surface area contributed by atoms with Crippen LogP contribution in [0.15, 0.2) is 42.6 Å². The fraction of sp³-hybridized carbons (Fsp3) is 0.400. The topological polar surface area (TPSA) is 72.9 Å². The molecular formula is C20H25N3O4. The molecule has 1 saturated heterocycles. The Morgan fingerprint density at radius 3 is 2.56 bits per heavy atom. The molecule has 0 radical (unpaired) electrons. The van der Waals surface area contributed by atoms with Gasteiger partial charge in [-0.25, -0.2) is 4.98 Å². The fourth-order valence-electron chi connectivity index (χ4n) is 2.68. The van der Waals surface area contributed by atoms with Crippen LogP contribution in [0.2, 0.25) is 0 Å². The number of hydrogen-bond donors (Lipinski definition) is 1. The van der Waals surface area contributed by atoms with Crippen molar-refractivity contribution < 1.29 is 19.0 Å². The van der Waals surface area contributed by atoms with Gasteiger partial charge in [-0.15, -0.1) is 0 Å². The average molecular weight is 371 g/mol. The predicted octanol–water partition coefficient (Wildman–Crippen LogP) is 2.72. The molecule has 1 amide bonds. The second kappa shape index (κ2) is 9.78. The van der Waals surface area contributed by atoms with Crippen LogP contribution in [0.5, 0.6) is 11.5 Å². The summed E-state index contributed by atoms with van der Waals surface area (Å²) >= 11 is 0. The van der Waals surface area contributed by atoms with Crippen LogP contribution in [0.25, 0.3) is 0 Å². The number of para-hydroxylation sites is 2. The molecule has 2 aromatic rings. The van der Waals surface area contributed by atoms with Crippen molar-refractivity contribution in [3.05, 3.63) is 42.6 Å². The zero-order valence-corrected chi connectivity index (χ0v) is 15.5. The fourth-order valence-corrected chi connectivity index (χ4v) is 2.68. The molecular weight excluding hydrogens is 346 g/mol. The summed E-state index contributed by atoms with van der Waals surface area (Å²) in [5.74, 6) is 1.83. The molecule has 1 aromatic heterocycles. The zero-order valence-electron chi connectivity index (χ0n) is 15.5. The number of pyridine rings is 1. The molecule has 1 fully saturated rings. The van der Waals surface area contributed by atoms with Crippen molar-refractivity contribution in [1.82, 2.24) is 4.98 Å². The number of anilines is 2. The van der Waals surface area contributed by atoms with Crippen LogP contribution in [0.1, 0.15) is 13.3 Å². The molecule has 27 heavy (non-hydrogen) atoms. The van der Waals surface area contributed by atoms with Crippen molar-refractivity contribution in [1.29, 1.82) is 0 Å². The summed E-state index contributed by atoms with van der Waals surface area (Å²) in [5, 5.41) is 2.79. The van der Waals surface area contributed by atoms with Gasteiger partial charge < -0.3 is 24.4 Å². The van der Waals surface area contributed by atoms with Crippen LogP contribution < -0.4 is 19.7 Å². The van der Waals surface area contributed by atoms with Gasteiger partial charge in [0.05, 0.1) is 31.7 Å². The minimum atomic E-state index is -0.249. The van der Waals surface area contributed by atoms with E-state index >= 15 is 0 Å². The lowest BCUT2D eigenvalue weighted by atomic mass is 10.3. The first-order valence-corrected chi connectivity index (χ1v) is 9.19. The maximum Gasteiger partial charge on any atom is 0.262 e. The van der Waals surface area contributed by atoms with E-state index in [9.17, 15) is 4.79 Å². The van der Waals surface area contributed by atoms with Gasteiger partial charge in [0, 0.05) is 13.1 Å². The van der Waals surface area contributed by atoms with Crippen molar-refractivity contribution in [2.75, 3.05) is 49.7 Å². The number of rotatable bonds is 8. The van der Waals surface area contributed by atoms with E-state index in [-0.39, 0.29) is 12.5 Å². The van der Waals surface area contributed by atoms with Crippen LogP contribution in [-0.4, -0.2) is 50.4 Å². The van der Waals surface area contributed by atoms with Crippen LogP contribution in [0.3, 0.4) is 0 Å². The second-order valence-corrected chi connectivity index (χ2v) is 6.14. The Balaban J connectivity index is 1.51. The summed E-state index contributed by atoms with van der Waals surface area (Å²) in [6.45, 7) is 5.61. The summed E-state index contributed by atoms with van der Waals surface area (Å²) in [7, 11) is 0. The number of carbonyl (C=O) groups excluding carboxylic acids is 1. The highest BCUT2D eigenvalue weighted by atomic mass is 16.5. The van der Waals surface area contributed by atoms with E-state index in [1.165, 1.54) is 0 Å². The Morgan fingerprint density at radius 2 is 1.89 bits per heavy atom. The molecule has 1 aliphatic heterocycles.